The van der Waals surface area contributed by atoms with Crippen molar-refractivity contribution in [3.8, 4) is 0 Å². The molecule has 1 aliphatic heterocycles. The summed E-state index contributed by atoms with van der Waals surface area (Å²) in [5.74, 6) is 0.107. The van der Waals surface area contributed by atoms with Crippen LogP contribution < -0.4 is 10.6 Å². The van der Waals surface area contributed by atoms with Crippen LogP contribution in [0.15, 0.2) is 24.5 Å². The van der Waals surface area contributed by atoms with Gasteiger partial charge in [0.25, 0.3) is 0 Å². The van der Waals surface area contributed by atoms with E-state index in [1.54, 1.807) is 6.08 Å². The standard InChI is InChI=1S/C20H25N5O2/c21-18(26)6-5-15-12-22-19-17(15)11-16(13-23-19)24-7-9-25(10-8-24)20(27)14-3-1-2-4-14/h5-6,11-14H,1-4,7-10H2,(H2,21,26)(H,22,23). The van der Waals surface area contributed by atoms with Crippen molar-refractivity contribution in [1.29, 1.82) is 0 Å². The number of nitrogens with one attached hydrogen (secondary N) is 1. The summed E-state index contributed by atoms with van der Waals surface area (Å²) in [7, 11) is 0. The summed E-state index contributed by atoms with van der Waals surface area (Å²) >= 11 is 0. The highest BCUT2D eigenvalue weighted by Gasteiger charge is 2.29. The Bertz CT molecular complexity index is 874. The molecule has 1 saturated carbocycles. The molecule has 0 atom stereocenters. The summed E-state index contributed by atoms with van der Waals surface area (Å²) < 4.78 is 0. The average Bonchev–Trinajstić information content (AvgIpc) is 3.35. The monoisotopic (exact) mass is 367 g/mol. The molecule has 1 saturated heterocycles. The van der Waals surface area contributed by atoms with E-state index in [1.807, 2.05) is 17.3 Å². The minimum absolute atomic E-state index is 0.244. The summed E-state index contributed by atoms with van der Waals surface area (Å²) in [6.45, 7) is 3.13. The molecule has 27 heavy (non-hydrogen) atoms. The number of rotatable bonds is 4. The molecule has 0 aromatic carbocycles. The second-order valence-corrected chi connectivity index (χ2v) is 7.36. The van der Waals surface area contributed by atoms with Gasteiger partial charge in [-0.15, -0.1) is 0 Å². The second-order valence-electron chi connectivity index (χ2n) is 7.36. The highest BCUT2D eigenvalue weighted by Crippen LogP contribution is 2.28. The number of piperazine rings is 1. The van der Waals surface area contributed by atoms with Crippen molar-refractivity contribution in [2.24, 2.45) is 11.7 Å². The molecule has 0 spiro atoms. The number of pyridine rings is 1. The summed E-state index contributed by atoms with van der Waals surface area (Å²) in [6.07, 6.45) is 11.2. The van der Waals surface area contributed by atoms with Gasteiger partial charge in [0.2, 0.25) is 11.8 Å². The van der Waals surface area contributed by atoms with Crippen molar-refractivity contribution < 1.29 is 9.59 Å². The van der Waals surface area contributed by atoms with Gasteiger partial charge in [-0.3, -0.25) is 9.59 Å². The number of aromatic nitrogens is 2. The van der Waals surface area contributed by atoms with Crippen LogP contribution in [0.2, 0.25) is 0 Å². The van der Waals surface area contributed by atoms with E-state index in [-0.39, 0.29) is 5.92 Å². The van der Waals surface area contributed by atoms with Gasteiger partial charge in [-0.2, -0.15) is 0 Å². The van der Waals surface area contributed by atoms with Crippen LogP contribution in [0.1, 0.15) is 31.2 Å². The number of anilines is 1. The molecule has 2 fully saturated rings. The minimum atomic E-state index is -0.475. The van der Waals surface area contributed by atoms with Crippen molar-refractivity contribution in [2.45, 2.75) is 25.7 Å². The molecule has 2 aromatic heterocycles. The second kappa shape index (κ2) is 7.42. The third-order valence-electron chi connectivity index (χ3n) is 5.64. The molecule has 142 valence electrons. The fraction of sp³-hybridized carbons (Fsp3) is 0.450. The largest absolute Gasteiger partial charge is 0.367 e. The van der Waals surface area contributed by atoms with Crippen LogP contribution in [-0.2, 0) is 9.59 Å². The maximum atomic E-state index is 12.6. The van der Waals surface area contributed by atoms with E-state index in [4.69, 9.17) is 5.73 Å². The predicted octanol–water partition coefficient (Wildman–Crippen LogP) is 1.90. The molecule has 0 radical (unpaired) electrons. The molecule has 4 rings (SSSR count). The lowest BCUT2D eigenvalue weighted by atomic mass is 10.1. The van der Waals surface area contributed by atoms with Gasteiger partial charge in [-0.1, -0.05) is 12.8 Å². The first-order valence-electron chi connectivity index (χ1n) is 9.60. The van der Waals surface area contributed by atoms with E-state index in [2.05, 4.69) is 20.9 Å². The predicted molar refractivity (Wildman–Crippen MR) is 105 cm³/mol. The highest BCUT2D eigenvalue weighted by molar-refractivity contribution is 5.95. The number of nitrogens with zero attached hydrogens (tertiary/aromatic N) is 3. The van der Waals surface area contributed by atoms with Gasteiger partial charge in [-0.25, -0.2) is 4.98 Å². The summed E-state index contributed by atoms with van der Waals surface area (Å²) in [5.41, 5.74) is 7.88. The van der Waals surface area contributed by atoms with Crippen molar-refractivity contribution in [2.75, 3.05) is 31.1 Å². The van der Waals surface area contributed by atoms with E-state index in [9.17, 15) is 9.59 Å². The number of nitrogens with two attached hydrogens (primary N) is 1. The van der Waals surface area contributed by atoms with Gasteiger partial charge in [0.05, 0.1) is 11.9 Å². The summed E-state index contributed by atoms with van der Waals surface area (Å²) in [6, 6.07) is 2.08. The van der Waals surface area contributed by atoms with E-state index >= 15 is 0 Å². The van der Waals surface area contributed by atoms with Gasteiger partial charge in [0.15, 0.2) is 0 Å². The van der Waals surface area contributed by atoms with Gasteiger partial charge in [0, 0.05) is 55.3 Å². The number of hydrogen-bond donors (Lipinski definition) is 2. The molecule has 2 amide bonds. The van der Waals surface area contributed by atoms with E-state index < -0.39 is 5.91 Å². The molecular weight excluding hydrogens is 342 g/mol. The Morgan fingerprint density at radius 3 is 2.63 bits per heavy atom. The third kappa shape index (κ3) is 3.67. The van der Waals surface area contributed by atoms with Crippen LogP contribution in [0.25, 0.3) is 17.1 Å². The number of fused-ring (bicyclic) bond motifs is 1. The van der Waals surface area contributed by atoms with Gasteiger partial charge in [-0.05, 0) is 25.0 Å². The molecule has 2 aliphatic rings. The quantitative estimate of drug-likeness (QED) is 0.807. The lowest BCUT2D eigenvalue weighted by Gasteiger charge is -2.37. The summed E-state index contributed by atoms with van der Waals surface area (Å²) in [5, 5.41) is 0.953. The van der Waals surface area contributed by atoms with Crippen LogP contribution in [0, 0.1) is 5.92 Å². The Hall–Kier alpha value is -2.83. The zero-order valence-corrected chi connectivity index (χ0v) is 15.4. The normalized spacial score (nSPS) is 18.7. The first-order chi connectivity index (χ1) is 13.1. The molecule has 7 heteroatoms. The first kappa shape index (κ1) is 17.6. The molecule has 3 N–H and O–H groups in total. The Labute approximate surface area is 158 Å². The molecule has 1 aliphatic carbocycles. The van der Waals surface area contributed by atoms with Crippen molar-refractivity contribution in [3.05, 3.63) is 30.1 Å². The number of amides is 2. The molecule has 3 heterocycles. The van der Waals surface area contributed by atoms with Gasteiger partial charge in [0.1, 0.15) is 5.65 Å². The fourth-order valence-corrected chi connectivity index (χ4v) is 4.11. The number of H-pyrrole nitrogens is 1. The van der Waals surface area contributed by atoms with E-state index in [0.29, 0.717) is 5.91 Å². The number of aromatic amines is 1. The minimum Gasteiger partial charge on any atom is -0.367 e. The summed E-state index contributed by atoms with van der Waals surface area (Å²) in [4.78, 5) is 35.5. The Morgan fingerprint density at radius 2 is 1.93 bits per heavy atom. The molecule has 0 unspecified atom stereocenters. The van der Waals surface area contributed by atoms with Gasteiger partial charge >= 0.3 is 0 Å². The Kier molecular flexibility index (Phi) is 4.83. The maximum Gasteiger partial charge on any atom is 0.241 e. The van der Waals surface area contributed by atoms with Crippen LogP contribution in [-0.4, -0.2) is 52.9 Å². The molecule has 0 bridgehead atoms. The molecular formula is C20H25N5O2. The lowest BCUT2D eigenvalue weighted by molar-refractivity contribution is -0.135. The maximum absolute atomic E-state index is 12.6. The smallest absolute Gasteiger partial charge is 0.241 e. The van der Waals surface area contributed by atoms with Crippen LogP contribution in [0.3, 0.4) is 0 Å². The van der Waals surface area contributed by atoms with Crippen LogP contribution >= 0.6 is 0 Å². The number of primary amides is 1. The zero-order chi connectivity index (χ0) is 18.8. The van der Waals surface area contributed by atoms with Gasteiger partial charge < -0.3 is 20.5 Å². The highest BCUT2D eigenvalue weighted by atomic mass is 16.2. The van der Waals surface area contributed by atoms with Crippen molar-refractivity contribution >= 4 is 34.6 Å². The Morgan fingerprint density at radius 1 is 1.19 bits per heavy atom. The first-order valence-corrected chi connectivity index (χ1v) is 9.60. The van der Waals surface area contributed by atoms with Crippen LogP contribution in [0.5, 0.6) is 0 Å². The zero-order valence-electron chi connectivity index (χ0n) is 15.4. The Balaban J connectivity index is 1.46. The molecule has 2 aromatic rings. The van der Waals surface area contributed by atoms with Crippen LogP contribution in [0.4, 0.5) is 5.69 Å². The van der Waals surface area contributed by atoms with E-state index in [0.717, 1.165) is 61.3 Å². The number of hydrogen-bond acceptors (Lipinski definition) is 4. The van der Waals surface area contributed by atoms with Crippen molar-refractivity contribution in [3.63, 3.8) is 0 Å². The third-order valence-corrected chi connectivity index (χ3v) is 5.64. The molecule has 7 nitrogen and oxygen atoms in total. The van der Waals surface area contributed by atoms with Crippen molar-refractivity contribution in [1.82, 2.24) is 14.9 Å². The fourth-order valence-electron chi connectivity index (χ4n) is 4.11. The number of carbonyl (C=O) groups is 2. The average molecular weight is 367 g/mol. The lowest BCUT2D eigenvalue weighted by Crippen LogP contribution is -2.50. The number of carbonyl (C=O) groups excluding carboxylic acids is 2. The topological polar surface area (TPSA) is 95.3 Å². The van der Waals surface area contributed by atoms with E-state index in [1.165, 1.54) is 18.9 Å². The SMILES string of the molecule is NC(=O)C=Cc1c[nH]c2ncc(N3CCN(C(=O)C4CCCC4)CC3)cc12.